The van der Waals surface area contributed by atoms with Crippen LogP contribution in [-0.4, -0.2) is 53.7 Å². The molecule has 1 heterocycles. The number of benzene rings is 1. The van der Waals surface area contributed by atoms with Crippen LogP contribution in [0, 0.1) is 0 Å². The number of carboxylic acid groups (broad SMARTS) is 1. The lowest BCUT2D eigenvalue weighted by Gasteiger charge is -2.42. The van der Waals surface area contributed by atoms with Gasteiger partial charge in [0.15, 0.2) is 0 Å². The molecular formula is C17H23N3O3. The molecule has 1 fully saturated rings. The Hall–Kier alpha value is -2.08. The van der Waals surface area contributed by atoms with Crippen molar-refractivity contribution in [3.63, 3.8) is 0 Å². The summed E-state index contributed by atoms with van der Waals surface area (Å²) in [6, 6.07) is 8.35. The first-order chi connectivity index (χ1) is 11.1. The summed E-state index contributed by atoms with van der Waals surface area (Å²) >= 11 is 0. The highest BCUT2D eigenvalue weighted by Crippen LogP contribution is 2.29. The van der Waals surface area contributed by atoms with E-state index in [4.69, 9.17) is 5.11 Å². The predicted octanol–water partition coefficient (Wildman–Crippen LogP) is 1.70. The van der Waals surface area contributed by atoms with Gasteiger partial charge in [-0.2, -0.15) is 0 Å². The van der Waals surface area contributed by atoms with E-state index in [9.17, 15) is 9.59 Å². The van der Waals surface area contributed by atoms with E-state index in [-0.39, 0.29) is 24.7 Å². The number of aliphatic carboxylic acids is 1. The number of nitrogens with one attached hydrogen (secondary N) is 1. The highest BCUT2D eigenvalue weighted by molar-refractivity contribution is 5.94. The number of hydrogen-bond donors (Lipinski definition) is 2. The molecule has 0 unspecified atom stereocenters. The molecule has 6 heteroatoms. The van der Waals surface area contributed by atoms with E-state index in [1.54, 1.807) is 4.90 Å². The summed E-state index contributed by atoms with van der Waals surface area (Å²) in [7, 11) is 0. The first-order valence-electron chi connectivity index (χ1n) is 8.20. The van der Waals surface area contributed by atoms with Crippen LogP contribution < -0.4 is 10.2 Å². The van der Waals surface area contributed by atoms with Gasteiger partial charge in [0.2, 0.25) is 0 Å². The number of fused-ring (bicyclic) bond motifs is 1. The van der Waals surface area contributed by atoms with Gasteiger partial charge in [-0.3, -0.25) is 14.6 Å². The molecule has 3 rings (SSSR count). The Kier molecular flexibility index (Phi) is 4.52. The molecule has 0 bridgehead atoms. The Balaban J connectivity index is 1.51. The van der Waals surface area contributed by atoms with Crippen molar-refractivity contribution in [3.8, 4) is 0 Å². The third-order valence-electron chi connectivity index (χ3n) is 4.83. The molecule has 1 saturated carbocycles. The topological polar surface area (TPSA) is 72.9 Å². The minimum absolute atomic E-state index is 0.0420. The molecule has 1 aliphatic carbocycles. The number of urea groups is 1. The molecule has 2 amide bonds. The van der Waals surface area contributed by atoms with Crippen molar-refractivity contribution in [3.05, 3.63) is 29.8 Å². The van der Waals surface area contributed by atoms with Crippen LogP contribution in [0.5, 0.6) is 0 Å². The number of carbonyl (C=O) groups is 2. The van der Waals surface area contributed by atoms with E-state index in [1.165, 1.54) is 5.56 Å². The lowest BCUT2D eigenvalue weighted by molar-refractivity contribution is -0.139. The van der Waals surface area contributed by atoms with Gasteiger partial charge in [-0.1, -0.05) is 25.1 Å². The number of anilines is 1. The molecule has 6 nitrogen and oxygen atoms in total. The van der Waals surface area contributed by atoms with E-state index in [0.717, 1.165) is 38.0 Å². The summed E-state index contributed by atoms with van der Waals surface area (Å²) in [6.45, 7) is 3.48. The summed E-state index contributed by atoms with van der Waals surface area (Å²) in [5, 5.41) is 12.0. The number of para-hydroxylation sites is 1. The Labute approximate surface area is 136 Å². The highest BCUT2D eigenvalue weighted by Gasteiger charge is 2.36. The van der Waals surface area contributed by atoms with Gasteiger partial charge in [0.05, 0.1) is 6.54 Å². The van der Waals surface area contributed by atoms with Crippen LogP contribution in [0.1, 0.15) is 25.3 Å². The molecule has 124 valence electrons. The number of amides is 2. The van der Waals surface area contributed by atoms with Gasteiger partial charge in [-0.05, 0) is 37.4 Å². The Morgan fingerprint density at radius 3 is 2.78 bits per heavy atom. The minimum atomic E-state index is -0.798. The SMILES string of the molecule is CCN(CC(=O)O)C1CC(NC(=O)N2CCc3ccccc32)C1. The van der Waals surface area contributed by atoms with Crippen LogP contribution in [0.25, 0.3) is 0 Å². The number of likely N-dealkylation sites (N-methyl/N-ethyl adjacent to an activating group) is 1. The molecule has 0 atom stereocenters. The fourth-order valence-electron chi connectivity index (χ4n) is 3.48. The predicted molar refractivity (Wildman–Crippen MR) is 87.7 cm³/mol. The zero-order chi connectivity index (χ0) is 16.4. The number of nitrogens with zero attached hydrogens (tertiary/aromatic N) is 2. The van der Waals surface area contributed by atoms with Gasteiger partial charge < -0.3 is 10.4 Å². The van der Waals surface area contributed by atoms with Crippen LogP contribution >= 0.6 is 0 Å². The van der Waals surface area contributed by atoms with E-state index < -0.39 is 5.97 Å². The van der Waals surface area contributed by atoms with Crippen LogP contribution in [0.15, 0.2) is 24.3 Å². The average Bonchev–Trinajstić information content (AvgIpc) is 2.92. The Morgan fingerprint density at radius 1 is 1.35 bits per heavy atom. The average molecular weight is 317 g/mol. The van der Waals surface area contributed by atoms with E-state index in [0.29, 0.717) is 0 Å². The summed E-state index contributed by atoms with van der Waals surface area (Å²) in [4.78, 5) is 27.0. The van der Waals surface area contributed by atoms with Crippen molar-refractivity contribution in [2.75, 3.05) is 24.5 Å². The largest absolute Gasteiger partial charge is 0.480 e. The van der Waals surface area contributed by atoms with E-state index in [1.807, 2.05) is 30.0 Å². The lowest BCUT2D eigenvalue weighted by Crippen LogP contribution is -2.56. The molecule has 0 saturated heterocycles. The lowest BCUT2D eigenvalue weighted by atomic mass is 9.85. The van der Waals surface area contributed by atoms with Crippen LogP contribution in [0.4, 0.5) is 10.5 Å². The van der Waals surface area contributed by atoms with Crippen LogP contribution in [-0.2, 0) is 11.2 Å². The molecule has 23 heavy (non-hydrogen) atoms. The summed E-state index contributed by atoms with van der Waals surface area (Å²) in [5.41, 5.74) is 2.22. The second-order valence-corrected chi connectivity index (χ2v) is 6.26. The van der Waals surface area contributed by atoms with Gasteiger partial charge in [-0.25, -0.2) is 4.79 Å². The van der Waals surface area contributed by atoms with Crippen molar-refractivity contribution in [1.29, 1.82) is 0 Å². The fraction of sp³-hybridized carbons (Fsp3) is 0.529. The molecule has 0 radical (unpaired) electrons. The monoisotopic (exact) mass is 317 g/mol. The third-order valence-corrected chi connectivity index (χ3v) is 4.83. The van der Waals surface area contributed by atoms with Crippen LogP contribution in [0.3, 0.4) is 0 Å². The van der Waals surface area contributed by atoms with E-state index >= 15 is 0 Å². The Bertz CT molecular complexity index is 599. The summed E-state index contributed by atoms with van der Waals surface area (Å²) in [5.74, 6) is -0.798. The number of hydrogen-bond acceptors (Lipinski definition) is 3. The van der Waals surface area contributed by atoms with Crippen molar-refractivity contribution in [2.24, 2.45) is 0 Å². The highest BCUT2D eigenvalue weighted by atomic mass is 16.4. The third kappa shape index (κ3) is 3.32. The van der Waals surface area contributed by atoms with Crippen molar-refractivity contribution >= 4 is 17.7 Å². The molecule has 1 aliphatic heterocycles. The van der Waals surface area contributed by atoms with Gasteiger partial charge in [0, 0.05) is 24.3 Å². The minimum Gasteiger partial charge on any atom is -0.480 e. The number of carboxylic acids is 1. The quantitative estimate of drug-likeness (QED) is 0.867. The molecular weight excluding hydrogens is 294 g/mol. The second-order valence-electron chi connectivity index (χ2n) is 6.26. The van der Waals surface area contributed by atoms with Crippen molar-refractivity contribution in [1.82, 2.24) is 10.2 Å². The van der Waals surface area contributed by atoms with Crippen molar-refractivity contribution in [2.45, 2.75) is 38.3 Å². The normalized spacial score (nSPS) is 22.6. The first-order valence-corrected chi connectivity index (χ1v) is 8.20. The zero-order valence-corrected chi connectivity index (χ0v) is 13.4. The standard InChI is InChI=1S/C17H23N3O3/c1-2-19(11-16(21)22)14-9-13(10-14)18-17(23)20-8-7-12-5-3-4-6-15(12)20/h3-6,13-14H,2,7-11H2,1H3,(H,18,23)(H,21,22). The zero-order valence-electron chi connectivity index (χ0n) is 13.4. The number of rotatable bonds is 5. The smallest absolute Gasteiger partial charge is 0.322 e. The summed E-state index contributed by atoms with van der Waals surface area (Å²) < 4.78 is 0. The van der Waals surface area contributed by atoms with Gasteiger partial charge in [0.1, 0.15) is 0 Å². The molecule has 2 N–H and O–H groups in total. The second kappa shape index (κ2) is 6.58. The Morgan fingerprint density at radius 2 is 2.09 bits per heavy atom. The van der Waals surface area contributed by atoms with E-state index in [2.05, 4.69) is 11.4 Å². The van der Waals surface area contributed by atoms with Crippen molar-refractivity contribution < 1.29 is 14.7 Å². The molecule has 0 aromatic heterocycles. The van der Waals surface area contributed by atoms with Gasteiger partial charge in [-0.15, -0.1) is 0 Å². The molecule has 2 aliphatic rings. The fourth-order valence-corrected chi connectivity index (χ4v) is 3.48. The maximum atomic E-state index is 12.4. The molecule has 1 aromatic rings. The maximum Gasteiger partial charge on any atom is 0.322 e. The van der Waals surface area contributed by atoms with Gasteiger partial charge in [0.25, 0.3) is 0 Å². The summed E-state index contributed by atoms with van der Waals surface area (Å²) in [6.07, 6.45) is 2.55. The van der Waals surface area contributed by atoms with Crippen LogP contribution in [0.2, 0.25) is 0 Å². The maximum absolute atomic E-state index is 12.4. The molecule has 0 spiro atoms. The first kappa shape index (κ1) is 15.8. The van der Waals surface area contributed by atoms with Gasteiger partial charge >= 0.3 is 12.0 Å². The molecule has 1 aromatic carbocycles. The number of carbonyl (C=O) groups excluding carboxylic acids is 1.